The van der Waals surface area contributed by atoms with Crippen molar-refractivity contribution in [3.63, 3.8) is 0 Å². The number of hydrogen-bond acceptors (Lipinski definition) is 3. The maximum Gasteiger partial charge on any atom is 0.190 e. The van der Waals surface area contributed by atoms with Crippen LogP contribution in [0, 0.1) is 11.6 Å². The molecular formula is C9H5BrF2N2O. The predicted octanol–water partition coefficient (Wildman–Crippen LogP) is 2.96. The Morgan fingerprint density at radius 1 is 1.27 bits per heavy atom. The first-order chi connectivity index (χ1) is 7.09. The minimum absolute atomic E-state index is 0.209. The van der Waals surface area contributed by atoms with Crippen molar-refractivity contribution in [2.24, 2.45) is 0 Å². The standard InChI is InChI=1S/C9H5BrF2N2O/c10-5-2-7(12)6(11)1-4(5)9-8(13)3-14-15-9/h1-3H,13H2. The van der Waals surface area contributed by atoms with Crippen LogP contribution in [0.4, 0.5) is 14.5 Å². The minimum Gasteiger partial charge on any atom is -0.394 e. The quantitative estimate of drug-likeness (QED) is 0.814. The van der Waals surface area contributed by atoms with Crippen LogP contribution in [0.15, 0.2) is 27.3 Å². The highest BCUT2D eigenvalue weighted by Gasteiger charge is 2.15. The van der Waals surface area contributed by atoms with Crippen molar-refractivity contribution in [2.75, 3.05) is 5.73 Å². The van der Waals surface area contributed by atoms with E-state index in [1.54, 1.807) is 0 Å². The Bertz CT molecular complexity index is 513. The van der Waals surface area contributed by atoms with Gasteiger partial charge in [0, 0.05) is 10.0 Å². The van der Waals surface area contributed by atoms with Gasteiger partial charge in [0.05, 0.1) is 6.20 Å². The fourth-order valence-electron chi connectivity index (χ4n) is 1.15. The number of nitrogens with zero attached hydrogens (tertiary/aromatic N) is 1. The number of rotatable bonds is 1. The van der Waals surface area contributed by atoms with Gasteiger partial charge in [-0.25, -0.2) is 8.78 Å². The Hall–Kier alpha value is -1.43. The normalized spacial score (nSPS) is 10.6. The van der Waals surface area contributed by atoms with E-state index in [0.29, 0.717) is 10.0 Å². The van der Waals surface area contributed by atoms with E-state index < -0.39 is 11.6 Å². The third-order valence-electron chi connectivity index (χ3n) is 1.85. The molecule has 15 heavy (non-hydrogen) atoms. The summed E-state index contributed by atoms with van der Waals surface area (Å²) >= 11 is 3.09. The summed E-state index contributed by atoms with van der Waals surface area (Å²) in [6.45, 7) is 0. The van der Waals surface area contributed by atoms with Crippen molar-refractivity contribution < 1.29 is 13.3 Å². The second kappa shape index (κ2) is 3.62. The summed E-state index contributed by atoms with van der Waals surface area (Å²) < 4.78 is 31.0. The Morgan fingerprint density at radius 3 is 2.53 bits per heavy atom. The van der Waals surface area contributed by atoms with Crippen molar-refractivity contribution in [2.45, 2.75) is 0 Å². The van der Waals surface area contributed by atoms with Crippen molar-refractivity contribution in [1.82, 2.24) is 5.16 Å². The summed E-state index contributed by atoms with van der Waals surface area (Å²) in [6, 6.07) is 2.00. The summed E-state index contributed by atoms with van der Waals surface area (Å²) in [5, 5.41) is 3.45. The van der Waals surface area contributed by atoms with E-state index in [-0.39, 0.29) is 11.4 Å². The van der Waals surface area contributed by atoms with Crippen LogP contribution >= 0.6 is 15.9 Å². The molecule has 3 nitrogen and oxygen atoms in total. The molecule has 1 heterocycles. The zero-order chi connectivity index (χ0) is 11.0. The highest BCUT2D eigenvalue weighted by Crippen LogP contribution is 2.33. The summed E-state index contributed by atoms with van der Waals surface area (Å²) in [5.41, 5.74) is 6.12. The molecule has 2 aromatic rings. The zero-order valence-electron chi connectivity index (χ0n) is 7.30. The third-order valence-corrected chi connectivity index (χ3v) is 2.51. The number of hydrogen-bond donors (Lipinski definition) is 1. The Balaban J connectivity index is 2.64. The molecule has 1 aromatic carbocycles. The van der Waals surface area contributed by atoms with Gasteiger partial charge in [0.25, 0.3) is 0 Å². The number of aromatic nitrogens is 1. The molecule has 0 aliphatic heterocycles. The number of anilines is 1. The lowest BCUT2D eigenvalue weighted by molar-refractivity contribution is 0.431. The molecule has 2 rings (SSSR count). The fraction of sp³-hybridized carbons (Fsp3) is 0. The molecule has 0 saturated carbocycles. The lowest BCUT2D eigenvalue weighted by Gasteiger charge is -2.02. The molecule has 0 amide bonds. The molecule has 0 atom stereocenters. The number of nitrogens with two attached hydrogens (primary N) is 1. The third kappa shape index (κ3) is 1.72. The largest absolute Gasteiger partial charge is 0.394 e. The van der Waals surface area contributed by atoms with E-state index in [2.05, 4.69) is 21.1 Å². The first kappa shape index (κ1) is 10.1. The van der Waals surface area contributed by atoms with Crippen molar-refractivity contribution in [3.8, 4) is 11.3 Å². The summed E-state index contributed by atoms with van der Waals surface area (Å²) in [4.78, 5) is 0. The fourth-order valence-corrected chi connectivity index (χ4v) is 1.64. The van der Waals surface area contributed by atoms with E-state index in [4.69, 9.17) is 10.3 Å². The van der Waals surface area contributed by atoms with Crippen molar-refractivity contribution in [1.29, 1.82) is 0 Å². The first-order valence-corrected chi connectivity index (χ1v) is 4.74. The molecule has 2 N–H and O–H groups in total. The van der Waals surface area contributed by atoms with Gasteiger partial charge >= 0.3 is 0 Å². The summed E-state index contributed by atoms with van der Waals surface area (Å²) in [7, 11) is 0. The SMILES string of the molecule is Nc1cnoc1-c1cc(F)c(F)cc1Br. The lowest BCUT2D eigenvalue weighted by atomic mass is 10.1. The molecule has 0 aliphatic carbocycles. The van der Waals surface area contributed by atoms with Crippen LogP contribution < -0.4 is 5.73 Å². The van der Waals surface area contributed by atoms with Gasteiger partial charge in [0.15, 0.2) is 17.4 Å². The molecule has 0 fully saturated rings. The average Bonchev–Trinajstić information content (AvgIpc) is 2.58. The Kier molecular flexibility index (Phi) is 2.44. The van der Waals surface area contributed by atoms with Gasteiger partial charge < -0.3 is 10.3 Å². The number of benzene rings is 1. The van der Waals surface area contributed by atoms with E-state index in [1.807, 2.05) is 0 Å². The maximum atomic E-state index is 13.0. The lowest BCUT2D eigenvalue weighted by Crippen LogP contribution is -1.90. The van der Waals surface area contributed by atoms with Gasteiger partial charge in [0.1, 0.15) is 5.69 Å². The molecule has 1 aromatic heterocycles. The number of nitrogen functional groups attached to an aromatic ring is 1. The zero-order valence-corrected chi connectivity index (χ0v) is 8.88. The molecule has 0 aliphatic rings. The van der Waals surface area contributed by atoms with Crippen LogP contribution in [0.1, 0.15) is 0 Å². The van der Waals surface area contributed by atoms with E-state index in [1.165, 1.54) is 6.20 Å². The highest BCUT2D eigenvalue weighted by molar-refractivity contribution is 9.10. The van der Waals surface area contributed by atoms with Crippen LogP contribution in [-0.2, 0) is 0 Å². The highest BCUT2D eigenvalue weighted by atomic mass is 79.9. The molecule has 78 valence electrons. The van der Waals surface area contributed by atoms with Crippen molar-refractivity contribution in [3.05, 3.63) is 34.4 Å². The molecule has 0 spiro atoms. The summed E-state index contributed by atoms with van der Waals surface area (Å²) in [6.07, 6.45) is 1.29. The van der Waals surface area contributed by atoms with E-state index >= 15 is 0 Å². The first-order valence-electron chi connectivity index (χ1n) is 3.94. The molecular weight excluding hydrogens is 270 g/mol. The van der Waals surface area contributed by atoms with Gasteiger partial charge in [-0.3, -0.25) is 0 Å². The van der Waals surface area contributed by atoms with Gasteiger partial charge in [-0.1, -0.05) is 5.16 Å². The second-order valence-electron chi connectivity index (χ2n) is 2.86. The van der Waals surface area contributed by atoms with Crippen LogP contribution in [0.3, 0.4) is 0 Å². The van der Waals surface area contributed by atoms with Crippen LogP contribution in [0.2, 0.25) is 0 Å². The second-order valence-corrected chi connectivity index (χ2v) is 3.71. The molecule has 0 radical (unpaired) electrons. The topological polar surface area (TPSA) is 52.0 Å². The van der Waals surface area contributed by atoms with Gasteiger partial charge in [-0.15, -0.1) is 0 Å². The minimum atomic E-state index is -0.969. The van der Waals surface area contributed by atoms with Gasteiger partial charge in [-0.05, 0) is 28.1 Å². The van der Waals surface area contributed by atoms with Gasteiger partial charge in [-0.2, -0.15) is 0 Å². The van der Waals surface area contributed by atoms with Crippen molar-refractivity contribution >= 4 is 21.6 Å². The average molecular weight is 275 g/mol. The Labute approximate surface area is 92.0 Å². The predicted molar refractivity (Wildman–Crippen MR) is 54.0 cm³/mol. The van der Waals surface area contributed by atoms with E-state index in [0.717, 1.165) is 12.1 Å². The molecule has 0 unspecified atom stereocenters. The van der Waals surface area contributed by atoms with Gasteiger partial charge in [0.2, 0.25) is 0 Å². The smallest absolute Gasteiger partial charge is 0.190 e. The van der Waals surface area contributed by atoms with Crippen LogP contribution in [-0.4, -0.2) is 5.16 Å². The Morgan fingerprint density at radius 2 is 1.93 bits per heavy atom. The number of halogens is 3. The van der Waals surface area contributed by atoms with E-state index in [9.17, 15) is 8.78 Å². The summed E-state index contributed by atoms with van der Waals surface area (Å²) in [5.74, 6) is -1.70. The monoisotopic (exact) mass is 274 g/mol. The van der Waals surface area contributed by atoms with Crippen LogP contribution in [0.25, 0.3) is 11.3 Å². The van der Waals surface area contributed by atoms with Crippen LogP contribution in [0.5, 0.6) is 0 Å². The molecule has 0 bridgehead atoms. The molecule has 6 heteroatoms. The maximum absolute atomic E-state index is 13.0. The molecule has 0 saturated heterocycles.